The molecule has 0 aliphatic heterocycles. The van der Waals surface area contributed by atoms with E-state index in [-0.39, 0.29) is 0 Å². The lowest BCUT2D eigenvalue weighted by Gasteiger charge is -2.23. The lowest BCUT2D eigenvalue weighted by Crippen LogP contribution is -2.36. The van der Waals surface area contributed by atoms with Crippen LogP contribution in [0.1, 0.15) is 57.7 Å². The van der Waals surface area contributed by atoms with Gasteiger partial charge in [-0.15, -0.1) is 0 Å². The van der Waals surface area contributed by atoms with Crippen molar-refractivity contribution in [2.45, 2.75) is 58.1 Å². The minimum absolute atomic E-state index is 0.448. The largest absolute Gasteiger partial charge is 0.481 e. The number of nitrogens with one attached hydrogen (secondary N) is 3. The fourth-order valence-electron chi connectivity index (χ4n) is 3.13. The van der Waals surface area contributed by atoms with E-state index < -0.39 is 29.1 Å². The summed E-state index contributed by atoms with van der Waals surface area (Å²) in [5.41, 5.74) is 0.676. The van der Waals surface area contributed by atoms with Crippen LogP contribution in [0.25, 0.3) is 10.9 Å². The molecule has 3 aromatic rings. The van der Waals surface area contributed by atoms with Gasteiger partial charge in [-0.05, 0) is 46.2 Å². The average molecular weight is 412 g/mol. The molecule has 0 spiro atoms. The molecule has 0 aliphatic rings. The number of ether oxygens (including phenoxy) is 1. The molecule has 3 rings (SSSR count). The van der Waals surface area contributed by atoms with Gasteiger partial charge < -0.3 is 25.1 Å². The van der Waals surface area contributed by atoms with E-state index in [0.29, 0.717) is 17.9 Å². The molecule has 2 aromatic heterocycles. The van der Waals surface area contributed by atoms with Gasteiger partial charge in [0.05, 0.1) is 11.7 Å². The zero-order valence-corrected chi connectivity index (χ0v) is 17.9. The van der Waals surface area contributed by atoms with Crippen molar-refractivity contribution in [1.29, 1.82) is 0 Å². The number of imidazole rings is 1. The number of carboxylic acids is 1. The Morgan fingerprint density at radius 3 is 2.57 bits per heavy atom. The number of aromatic amines is 2. The van der Waals surface area contributed by atoms with Gasteiger partial charge in [0.2, 0.25) is 0 Å². The molecule has 1 amide bonds. The van der Waals surface area contributed by atoms with E-state index in [0.717, 1.165) is 16.5 Å². The lowest BCUT2D eigenvalue weighted by atomic mass is 9.90. The van der Waals surface area contributed by atoms with Crippen LogP contribution in [0.4, 0.5) is 4.79 Å². The van der Waals surface area contributed by atoms with Crippen molar-refractivity contribution in [2.75, 3.05) is 0 Å². The van der Waals surface area contributed by atoms with Crippen molar-refractivity contribution in [3.63, 3.8) is 0 Å². The predicted molar refractivity (Wildman–Crippen MR) is 113 cm³/mol. The van der Waals surface area contributed by atoms with Gasteiger partial charge in [0.25, 0.3) is 0 Å². The highest BCUT2D eigenvalue weighted by atomic mass is 16.6. The van der Waals surface area contributed by atoms with E-state index in [1.165, 1.54) is 6.20 Å². The number of aromatic nitrogens is 3. The number of carboxylic acid groups (broad SMARTS) is 1. The molecule has 0 bridgehead atoms. The van der Waals surface area contributed by atoms with E-state index >= 15 is 0 Å². The Morgan fingerprint density at radius 2 is 1.90 bits per heavy atom. The number of hydrogen-bond acceptors (Lipinski definition) is 4. The first-order chi connectivity index (χ1) is 14.0. The topological polar surface area (TPSA) is 120 Å². The number of hydrogen-bond donors (Lipinski definition) is 4. The predicted octanol–water partition coefficient (Wildman–Crippen LogP) is 4.06. The second-order valence-electron chi connectivity index (χ2n) is 8.87. The maximum atomic E-state index is 12.5. The number of benzene rings is 1. The van der Waals surface area contributed by atoms with Gasteiger partial charge in [-0.2, -0.15) is 0 Å². The fourth-order valence-corrected chi connectivity index (χ4v) is 3.13. The molecule has 0 aliphatic carbocycles. The number of para-hydroxylation sites is 1. The molecular weight excluding hydrogens is 384 g/mol. The van der Waals surface area contributed by atoms with Crippen LogP contribution in [0.5, 0.6) is 0 Å². The SMILES string of the molecule is CC(C)(C)OC(=O)NC(Cc1c[nH]c2ccccc12)c1ncc(C(C)(C)C(=O)O)[nH]1. The van der Waals surface area contributed by atoms with E-state index in [1.54, 1.807) is 34.6 Å². The Kier molecular flexibility index (Phi) is 5.61. The van der Waals surface area contributed by atoms with E-state index in [2.05, 4.69) is 20.3 Å². The molecule has 0 saturated carbocycles. The van der Waals surface area contributed by atoms with Crippen LogP contribution in [0.15, 0.2) is 36.7 Å². The van der Waals surface area contributed by atoms with Crippen molar-refractivity contribution in [3.8, 4) is 0 Å². The molecule has 0 fully saturated rings. The van der Waals surface area contributed by atoms with Gasteiger partial charge in [0.1, 0.15) is 16.8 Å². The number of carbonyl (C=O) groups is 2. The number of alkyl carbamates (subject to hydrolysis) is 1. The average Bonchev–Trinajstić information content (AvgIpc) is 3.27. The first-order valence-corrected chi connectivity index (χ1v) is 9.80. The summed E-state index contributed by atoms with van der Waals surface area (Å²) in [6.45, 7) is 8.58. The molecule has 1 aromatic carbocycles. The van der Waals surface area contributed by atoms with Crippen LogP contribution in [-0.4, -0.2) is 37.7 Å². The highest BCUT2D eigenvalue weighted by Gasteiger charge is 2.33. The van der Waals surface area contributed by atoms with Crippen LogP contribution in [0.2, 0.25) is 0 Å². The van der Waals surface area contributed by atoms with E-state index in [9.17, 15) is 14.7 Å². The Balaban J connectivity index is 1.93. The number of aliphatic carboxylic acids is 1. The van der Waals surface area contributed by atoms with Crippen LogP contribution in [-0.2, 0) is 21.4 Å². The monoisotopic (exact) mass is 412 g/mol. The molecule has 160 valence electrons. The van der Waals surface area contributed by atoms with Crippen LogP contribution in [0.3, 0.4) is 0 Å². The number of H-pyrrole nitrogens is 2. The van der Waals surface area contributed by atoms with Gasteiger partial charge in [0, 0.05) is 29.7 Å². The minimum Gasteiger partial charge on any atom is -0.481 e. The number of rotatable bonds is 6. The first kappa shape index (κ1) is 21.4. The third-order valence-electron chi connectivity index (χ3n) is 4.92. The van der Waals surface area contributed by atoms with Crippen molar-refractivity contribution in [1.82, 2.24) is 20.3 Å². The van der Waals surface area contributed by atoms with Gasteiger partial charge in [-0.1, -0.05) is 18.2 Å². The zero-order valence-electron chi connectivity index (χ0n) is 17.9. The van der Waals surface area contributed by atoms with Gasteiger partial charge in [-0.25, -0.2) is 9.78 Å². The summed E-state index contributed by atoms with van der Waals surface area (Å²) in [4.78, 5) is 34.8. The van der Waals surface area contributed by atoms with Gasteiger partial charge in [0.15, 0.2) is 0 Å². The molecule has 30 heavy (non-hydrogen) atoms. The van der Waals surface area contributed by atoms with E-state index in [4.69, 9.17) is 4.74 Å². The number of amides is 1. The molecule has 1 atom stereocenters. The summed E-state index contributed by atoms with van der Waals surface area (Å²) in [6, 6.07) is 7.36. The zero-order chi connectivity index (χ0) is 22.1. The standard InChI is InChI=1S/C22H28N4O4/c1-21(2,3)30-20(29)25-16(10-13-11-23-15-9-7-6-8-14(13)15)18-24-12-17(26-18)22(4,5)19(27)28/h6-9,11-12,16,23H,10H2,1-5H3,(H,24,26)(H,25,29)(H,27,28). The Hall–Kier alpha value is -3.29. The second-order valence-corrected chi connectivity index (χ2v) is 8.87. The highest BCUT2D eigenvalue weighted by molar-refractivity contribution is 5.83. The number of carbonyl (C=O) groups excluding carboxylic acids is 1. The number of nitrogens with zero attached hydrogens (tertiary/aromatic N) is 1. The maximum absolute atomic E-state index is 12.5. The molecule has 0 radical (unpaired) electrons. The van der Waals surface area contributed by atoms with Gasteiger partial charge in [-0.3, -0.25) is 4.79 Å². The summed E-state index contributed by atoms with van der Waals surface area (Å²) in [5.74, 6) is -0.499. The van der Waals surface area contributed by atoms with E-state index in [1.807, 2.05) is 30.5 Å². The molecular formula is C22H28N4O4. The van der Waals surface area contributed by atoms with Gasteiger partial charge >= 0.3 is 12.1 Å². The van der Waals surface area contributed by atoms with Crippen molar-refractivity contribution < 1.29 is 19.4 Å². The third kappa shape index (κ3) is 4.64. The second kappa shape index (κ2) is 7.85. The molecule has 8 nitrogen and oxygen atoms in total. The van der Waals surface area contributed by atoms with Crippen molar-refractivity contribution in [3.05, 3.63) is 53.7 Å². The Morgan fingerprint density at radius 1 is 1.20 bits per heavy atom. The maximum Gasteiger partial charge on any atom is 0.408 e. The first-order valence-electron chi connectivity index (χ1n) is 9.80. The molecule has 0 saturated heterocycles. The molecule has 1 unspecified atom stereocenters. The number of fused-ring (bicyclic) bond motifs is 1. The fraction of sp³-hybridized carbons (Fsp3) is 0.409. The Bertz CT molecular complexity index is 1060. The van der Waals surface area contributed by atoms with Crippen LogP contribution < -0.4 is 5.32 Å². The molecule has 4 N–H and O–H groups in total. The normalized spacial score (nSPS) is 13.2. The summed E-state index contributed by atoms with van der Waals surface area (Å²) in [6.07, 6.45) is 3.29. The van der Waals surface area contributed by atoms with Crippen molar-refractivity contribution >= 4 is 23.0 Å². The third-order valence-corrected chi connectivity index (χ3v) is 4.92. The quantitative estimate of drug-likeness (QED) is 0.487. The smallest absolute Gasteiger partial charge is 0.408 e. The lowest BCUT2D eigenvalue weighted by molar-refractivity contribution is -0.142. The van der Waals surface area contributed by atoms with Crippen molar-refractivity contribution in [2.24, 2.45) is 0 Å². The summed E-state index contributed by atoms with van der Waals surface area (Å²) < 4.78 is 5.42. The molecule has 8 heteroatoms. The highest BCUT2D eigenvalue weighted by Crippen LogP contribution is 2.27. The summed E-state index contributed by atoms with van der Waals surface area (Å²) in [7, 11) is 0. The minimum atomic E-state index is -1.14. The molecule has 2 heterocycles. The summed E-state index contributed by atoms with van der Waals surface area (Å²) >= 11 is 0. The Labute approximate surface area is 175 Å². The van der Waals surface area contributed by atoms with Crippen LogP contribution in [0, 0.1) is 0 Å². The van der Waals surface area contributed by atoms with Crippen LogP contribution >= 0.6 is 0 Å². The summed E-state index contributed by atoms with van der Waals surface area (Å²) in [5, 5.41) is 13.4.